The van der Waals surface area contributed by atoms with Gasteiger partial charge in [0.15, 0.2) is 0 Å². The van der Waals surface area contributed by atoms with E-state index in [0.717, 1.165) is 24.8 Å². The zero-order chi connectivity index (χ0) is 12.8. The highest BCUT2D eigenvalue weighted by Crippen LogP contribution is 2.20. The average Bonchev–Trinajstić information content (AvgIpc) is 2.31. The van der Waals surface area contributed by atoms with Gasteiger partial charge in [-0.25, -0.2) is 4.39 Å². The van der Waals surface area contributed by atoms with Crippen molar-refractivity contribution in [1.82, 2.24) is 0 Å². The molecule has 0 saturated heterocycles. The molecule has 0 aromatic heterocycles. The minimum absolute atomic E-state index is 0.0913. The summed E-state index contributed by atoms with van der Waals surface area (Å²) in [5.74, 6) is -0.183. The molecule has 2 rings (SSSR count). The van der Waals surface area contributed by atoms with Crippen molar-refractivity contribution in [3.05, 3.63) is 47.3 Å². The van der Waals surface area contributed by atoms with Gasteiger partial charge < -0.3 is 5.73 Å². The van der Waals surface area contributed by atoms with Crippen molar-refractivity contribution in [3.63, 3.8) is 0 Å². The molecule has 18 heavy (non-hydrogen) atoms. The van der Waals surface area contributed by atoms with Crippen LogP contribution in [0.3, 0.4) is 0 Å². The Morgan fingerprint density at radius 3 is 2.56 bits per heavy atom. The summed E-state index contributed by atoms with van der Waals surface area (Å²) in [6, 6.07) is 6.77. The maximum Gasteiger partial charge on any atom is 0.123 e. The molecule has 0 saturated carbocycles. The van der Waals surface area contributed by atoms with Gasteiger partial charge in [0, 0.05) is 6.04 Å². The van der Waals surface area contributed by atoms with Gasteiger partial charge in [0.05, 0.1) is 0 Å². The average molecular weight is 247 g/mol. The fourth-order valence-electron chi connectivity index (χ4n) is 2.56. The summed E-state index contributed by atoms with van der Waals surface area (Å²) >= 11 is 0. The monoisotopic (exact) mass is 247 g/mol. The molecule has 1 aliphatic carbocycles. The number of benzene rings is 1. The van der Waals surface area contributed by atoms with Crippen LogP contribution in [-0.2, 0) is 6.42 Å². The van der Waals surface area contributed by atoms with Crippen molar-refractivity contribution in [2.45, 2.75) is 51.0 Å². The molecule has 2 heteroatoms. The van der Waals surface area contributed by atoms with Gasteiger partial charge in [-0.15, -0.1) is 0 Å². The number of halogens is 1. The first kappa shape index (κ1) is 13.3. The molecule has 1 unspecified atom stereocenters. The molecule has 0 amide bonds. The Labute approximate surface area is 109 Å². The molecule has 0 spiro atoms. The lowest BCUT2D eigenvalue weighted by molar-refractivity contribution is 0.594. The molecule has 0 fully saturated rings. The van der Waals surface area contributed by atoms with Crippen molar-refractivity contribution in [1.29, 1.82) is 0 Å². The molecule has 1 aromatic carbocycles. The van der Waals surface area contributed by atoms with Gasteiger partial charge in [-0.1, -0.05) is 36.6 Å². The van der Waals surface area contributed by atoms with Gasteiger partial charge in [0.1, 0.15) is 5.82 Å². The molecular weight excluding hydrogens is 225 g/mol. The Bertz CT molecular complexity index is 394. The summed E-state index contributed by atoms with van der Waals surface area (Å²) < 4.78 is 12.8. The second-order valence-corrected chi connectivity index (χ2v) is 5.17. The Morgan fingerprint density at radius 1 is 1.06 bits per heavy atom. The van der Waals surface area contributed by atoms with Crippen molar-refractivity contribution < 1.29 is 4.39 Å². The lowest BCUT2D eigenvalue weighted by Gasteiger charge is -2.18. The summed E-state index contributed by atoms with van der Waals surface area (Å²) in [4.78, 5) is 0. The van der Waals surface area contributed by atoms with Crippen LogP contribution in [0.4, 0.5) is 4.39 Å². The zero-order valence-electron chi connectivity index (χ0n) is 10.9. The maximum absolute atomic E-state index is 12.8. The Kier molecular flexibility index (Phi) is 4.94. The molecule has 1 nitrogen and oxygen atoms in total. The second-order valence-electron chi connectivity index (χ2n) is 5.17. The highest BCUT2D eigenvalue weighted by molar-refractivity contribution is 5.21. The first-order chi connectivity index (χ1) is 8.75. The van der Waals surface area contributed by atoms with Gasteiger partial charge in [0.2, 0.25) is 0 Å². The Morgan fingerprint density at radius 2 is 1.78 bits per heavy atom. The minimum atomic E-state index is -0.183. The highest BCUT2D eigenvalue weighted by Gasteiger charge is 2.11. The van der Waals surface area contributed by atoms with Crippen molar-refractivity contribution >= 4 is 0 Å². The summed E-state index contributed by atoms with van der Waals surface area (Å²) in [7, 11) is 0. The molecule has 0 bridgehead atoms. The van der Waals surface area contributed by atoms with E-state index < -0.39 is 0 Å². The largest absolute Gasteiger partial charge is 0.324 e. The third-order valence-corrected chi connectivity index (χ3v) is 3.67. The lowest BCUT2D eigenvalue weighted by Crippen LogP contribution is -2.25. The molecule has 98 valence electrons. The van der Waals surface area contributed by atoms with E-state index in [0.29, 0.717) is 0 Å². The first-order valence-corrected chi connectivity index (χ1v) is 6.94. The molecule has 0 radical (unpaired) electrons. The van der Waals surface area contributed by atoms with E-state index in [1.54, 1.807) is 0 Å². The summed E-state index contributed by atoms with van der Waals surface area (Å²) in [6.45, 7) is 0. The number of hydrogen-bond donors (Lipinski definition) is 1. The zero-order valence-corrected chi connectivity index (χ0v) is 10.9. The fraction of sp³-hybridized carbons (Fsp3) is 0.500. The van der Waals surface area contributed by atoms with Crippen LogP contribution in [0.25, 0.3) is 0 Å². The molecule has 1 atom stereocenters. The van der Waals surface area contributed by atoms with Crippen LogP contribution in [0.15, 0.2) is 35.9 Å². The minimum Gasteiger partial charge on any atom is -0.324 e. The highest BCUT2D eigenvalue weighted by atomic mass is 19.1. The molecule has 2 N–H and O–H groups in total. The summed E-state index contributed by atoms with van der Waals surface area (Å²) in [5, 5.41) is 0. The first-order valence-electron chi connectivity index (χ1n) is 6.94. The van der Waals surface area contributed by atoms with Crippen LogP contribution < -0.4 is 5.73 Å². The molecule has 0 heterocycles. The number of allylic oxidation sites excluding steroid dienone is 1. The van der Waals surface area contributed by atoms with E-state index >= 15 is 0 Å². The smallest absolute Gasteiger partial charge is 0.123 e. The van der Waals surface area contributed by atoms with E-state index in [1.807, 2.05) is 12.1 Å². The van der Waals surface area contributed by atoms with Crippen molar-refractivity contribution in [3.8, 4) is 0 Å². The van der Waals surface area contributed by atoms with Crippen LogP contribution in [0.5, 0.6) is 0 Å². The Balaban J connectivity index is 1.97. The van der Waals surface area contributed by atoms with Crippen LogP contribution in [0, 0.1) is 5.82 Å². The van der Waals surface area contributed by atoms with Gasteiger partial charge >= 0.3 is 0 Å². The van der Waals surface area contributed by atoms with E-state index in [1.165, 1.54) is 43.4 Å². The van der Waals surface area contributed by atoms with Crippen molar-refractivity contribution in [2.75, 3.05) is 0 Å². The molecule has 1 aliphatic rings. The van der Waals surface area contributed by atoms with Gasteiger partial charge in [-0.3, -0.25) is 0 Å². The number of hydrogen-bond acceptors (Lipinski definition) is 1. The van der Waals surface area contributed by atoms with Gasteiger partial charge in [0.25, 0.3) is 0 Å². The molecule has 1 aromatic rings. The van der Waals surface area contributed by atoms with Gasteiger partial charge in [-0.05, 0) is 49.8 Å². The quantitative estimate of drug-likeness (QED) is 0.803. The van der Waals surface area contributed by atoms with E-state index in [4.69, 9.17) is 5.73 Å². The van der Waals surface area contributed by atoms with E-state index in [2.05, 4.69) is 6.08 Å². The van der Waals surface area contributed by atoms with Crippen LogP contribution in [-0.4, -0.2) is 6.04 Å². The summed E-state index contributed by atoms with van der Waals surface area (Å²) in [6.07, 6.45) is 10.6. The SMILES string of the molecule is NC(Cc1ccc(F)cc1)/C1=C/CCCCCC1. The second kappa shape index (κ2) is 6.69. The standard InChI is InChI=1S/C16H22FN/c17-15-10-8-13(9-11-15)12-16(18)14-6-4-2-1-3-5-7-14/h6,8-11,16H,1-5,7,12,18H2/b14-6+. The van der Waals surface area contributed by atoms with E-state index in [9.17, 15) is 4.39 Å². The third kappa shape index (κ3) is 3.95. The van der Waals surface area contributed by atoms with Crippen LogP contribution in [0.2, 0.25) is 0 Å². The topological polar surface area (TPSA) is 26.0 Å². The predicted octanol–water partition coefficient (Wildman–Crippen LogP) is 3.98. The molecule has 0 aliphatic heterocycles. The summed E-state index contributed by atoms with van der Waals surface area (Å²) in [5.41, 5.74) is 8.78. The fourth-order valence-corrected chi connectivity index (χ4v) is 2.56. The lowest BCUT2D eigenvalue weighted by atomic mass is 9.92. The predicted molar refractivity (Wildman–Crippen MR) is 73.9 cm³/mol. The molecular formula is C16H22FN. The third-order valence-electron chi connectivity index (χ3n) is 3.67. The van der Waals surface area contributed by atoms with Crippen LogP contribution in [0.1, 0.15) is 44.1 Å². The van der Waals surface area contributed by atoms with Gasteiger partial charge in [-0.2, -0.15) is 0 Å². The Hall–Kier alpha value is -1.15. The normalized spacial score (nSPS) is 21.6. The van der Waals surface area contributed by atoms with Crippen molar-refractivity contribution in [2.24, 2.45) is 5.73 Å². The number of rotatable bonds is 3. The number of nitrogens with two attached hydrogens (primary N) is 1. The van der Waals surface area contributed by atoms with E-state index in [-0.39, 0.29) is 11.9 Å². The maximum atomic E-state index is 12.8. The van der Waals surface area contributed by atoms with Crippen LogP contribution >= 0.6 is 0 Å².